The summed E-state index contributed by atoms with van der Waals surface area (Å²) >= 11 is 0. The quantitative estimate of drug-likeness (QED) is 0.664. The molecule has 1 amide bonds. The van der Waals surface area contributed by atoms with Crippen LogP contribution in [0.3, 0.4) is 0 Å². The van der Waals surface area contributed by atoms with Gasteiger partial charge in [-0.25, -0.2) is 4.79 Å². The van der Waals surface area contributed by atoms with Crippen molar-refractivity contribution >= 4 is 17.6 Å². The van der Waals surface area contributed by atoms with Gasteiger partial charge in [0.2, 0.25) is 0 Å². The summed E-state index contributed by atoms with van der Waals surface area (Å²) in [5.74, 6) is -1.28. The van der Waals surface area contributed by atoms with E-state index in [1.807, 2.05) is 45.9 Å². The van der Waals surface area contributed by atoms with Crippen molar-refractivity contribution in [2.24, 2.45) is 5.92 Å². The van der Waals surface area contributed by atoms with Crippen LogP contribution in [0.2, 0.25) is 0 Å². The van der Waals surface area contributed by atoms with Crippen LogP contribution in [-0.4, -0.2) is 30.6 Å². The fourth-order valence-corrected chi connectivity index (χ4v) is 3.06. The van der Waals surface area contributed by atoms with Crippen molar-refractivity contribution in [1.29, 1.82) is 0 Å². The van der Waals surface area contributed by atoms with Crippen LogP contribution < -0.4 is 10.6 Å². The van der Waals surface area contributed by atoms with Crippen LogP contribution in [0.4, 0.5) is 5.69 Å². The maximum Gasteiger partial charge on any atom is 0.397 e. The van der Waals surface area contributed by atoms with Crippen molar-refractivity contribution in [2.75, 3.05) is 18.4 Å². The first-order chi connectivity index (χ1) is 10.8. The minimum atomic E-state index is -0.823. The molecule has 1 fully saturated rings. The second kappa shape index (κ2) is 7.13. The zero-order chi connectivity index (χ0) is 17.0. The van der Waals surface area contributed by atoms with Gasteiger partial charge in [-0.05, 0) is 64.8 Å². The number of aryl methyl sites for hydroxylation is 2. The number of para-hydroxylation sites is 1. The Labute approximate surface area is 137 Å². The zero-order valence-electron chi connectivity index (χ0n) is 14.4. The molecule has 5 nitrogen and oxygen atoms in total. The molecule has 1 aliphatic heterocycles. The van der Waals surface area contributed by atoms with Crippen LogP contribution in [0.15, 0.2) is 18.2 Å². The van der Waals surface area contributed by atoms with Crippen LogP contribution in [-0.2, 0) is 14.3 Å². The molecule has 1 aromatic carbocycles. The van der Waals surface area contributed by atoms with Gasteiger partial charge < -0.3 is 15.4 Å². The molecule has 1 saturated heterocycles. The summed E-state index contributed by atoms with van der Waals surface area (Å²) in [5.41, 5.74) is 1.87. The normalized spacial score (nSPS) is 16.0. The minimum Gasteiger partial charge on any atom is -0.452 e. The maximum atomic E-state index is 12.2. The van der Waals surface area contributed by atoms with E-state index in [-0.39, 0.29) is 5.92 Å². The molecule has 0 unspecified atom stereocenters. The standard InChI is InChI=1S/C18H26N2O3/c1-12-6-5-7-13(2)15(12)20-16(21)17(22)23-18(3,4)14-8-10-19-11-9-14/h5-7,14,19H,8-11H2,1-4H3,(H,20,21). The number of nitrogens with one attached hydrogen (secondary N) is 2. The van der Waals surface area contributed by atoms with Gasteiger partial charge >= 0.3 is 11.9 Å². The number of anilines is 1. The van der Waals surface area contributed by atoms with Gasteiger partial charge in [-0.3, -0.25) is 4.79 Å². The molecule has 1 aromatic rings. The summed E-state index contributed by atoms with van der Waals surface area (Å²) in [6.45, 7) is 9.39. The summed E-state index contributed by atoms with van der Waals surface area (Å²) < 4.78 is 5.51. The van der Waals surface area contributed by atoms with Gasteiger partial charge in [-0.1, -0.05) is 18.2 Å². The van der Waals surface area contributed by atoms with E-state index in [0.717, 1.165) is 37.1 Å². The number of carbonyl (C=O) groups is 2. The highest BCUT2D eigenvalue weighted by atomic mass is 16.6. The predicted molar refractivity (Wildman–Crippen MR) is 90.3 cm³/mol. The van der Waals surface area contributed by atoms with Crippen molar-refractivity contribution in [3.63, 3.8) is 0 Å². The van der Waals surface area contributed by atoms with Gasteiger partial charge in [0.05, 0.1) is 0 Å². The van der Waals surface area contributed by atoms with Crippen molar-refractivity contribution in [1.82, 2.24) is 5.32 Å². The van der Waals surface area contributed by atoms with Crippen molar-refractivity contribution < 1.29 is 14.3 Å². The van der Waals surface area contributed by atoms with Crippen molar-refractivity contribution in [3.05, 3.63) is 29.3 Å². The Hall–Kier alpha value is -1.88. The zero-order valence-corrected chi connectivity index (χ0v) is 14.4. The smallest absolute Gasteiger partial charge is 0.397 e. The van der Waals surface area contributed by atoms with Crippen LogP contribution in [0, 0.1) is 19.8 Å². The average Bonchev–Trinajstić information content (AvgIpc) is 2.51. The van der Waals surface area contributed by atoms with Crippen LogP contribution >= 0.6 is 0 Å². The number of benzene rings is 1. The summed E-state index contributed by atoms with van der Waals surface area (Å²) in [6.07, 6.45) is 1.89. The SMILES string of the molecule is Cc1cccc(C)c1NC(=O)C(=O)OC(C)(C)C1CCNCC1. The lowest BCUT2D eigenvalue weighted by Crippen LogP contribution is -2.44. The maximum absolute atomic E-state index is 12.2. The Morgan fingerprint density at radius 2 is 1.74 bits per heavy atom. The molecule has 2 rings (SSSR count). The molecule has 23 heavy (non-hydrogen) atoms. The number of amides is 1. The summed E-state index contributed by atoms with van der Waals surface area (Å²) in [4.78, 5) is 24.4. The first-order valence-electron chi connectivity index (χ1n) is 8.12. The first-order valence-corrected chi connectivity index (χ1v) is 8.12. The fourth-order valence-electron chi connectivity index (χ4n) is 3.06. The molecule has 0 saturated carbocycles. The van der Waals surface area contributed by atoms with Crippen LogP contribution in [0.25, 0.3) is 0 Å². The lowest BCUT2D eigenvalue weighted by Gasteiger charge is -2.36. The van der Waals surface area contributed by atoms with E-state index >= 15 is 0 Å². The number of rotatable bonds is 3. The van der Waals surface area contributed by atoms with Gasteiger partial charge in [0.15, 0.2) is 0 Å². The topological polar surface area (TPSA) is 67.4 Å². The molecule has 5 heteroatoms. The molecule has 1 aliphatic rings. The molecule has 2 N–H and O–H groups in total. The van der Waals surface area contributed by atoms with Gasteiger partial charge in [-0.15, -0.1) is 0 Å². The number of hydrogen-bond acceptors (Lipinski definition) is 4. The number of piperidine rings is 1. The number of hydrogen-bond donors (Lipinski definition) is 2. The van der Waals surface area contributed by atoms with E-state index in [4.69, 9.17) is 4.74 Å². The largest absolute Gasteiger partial charge is 0.452 e. The molecule has 0 aromatic heterocycles. The monoisotopic (exact) mass is 318 g/mol. The average molecular weight is 318 g/mol. The molecule has 0 spiro atoms. The number of carbonyl (C=O) groups excluding carboxylic acids is 2. The highest BCUT2D eigenvalue weighted by Crippen LogP contribution is 2.29. The van der Waals surface area contributed by atoms with E-state index in [1.54, 1.807) is 0 Å². The van der Waals surface area contributed by atoms with Crippen molar-refractivity contribution in [2.45, 2.75) is 46.1 Å². The van der Waals surface area contributed by atoms with E-state index < -0.39 is 17.5 Å². The number of ether oxygens (including phenoxy) is 1. The fraction of sp³-hybridized carbons (Fsp3) is 0.556. The molecular weight excluding hydrogens is 292 g/mol. The highest BCUT2D eigenvalue weighted by molar-refractivity contribution is 6.37. The molecular formula is C18H26N2O3. The van der Waals surface area contributed by atoms with E-state index in [2.05, 4.69) is 10.6 Å². The third kappa shape index (κ3) is 4.32. The second-order valence-electron chi connectivity index (χ2n) is 6.74. The molecule has 0 radical (unpaired) electrons. The highest BCUT2D eigenvalue weighted by Gasteiger charge is 2.35. The van der Waals surface area contributed by atoms with E-state index in [0.29, 0.717) is 5.69 Å². The Bertz CT molecular complexity index is 570. The van der Waals surface area contributed by atoms with E-state index in [9.17, 15) is 9.59 Å². The summed E-state index contributed by atoms with van der Waals surface area (Å²) in [7, 11) is 0. The summed E-state index contributed by atoms with van der Waals surface area (Å²) in [6, 6.07) is 5.71. The Morgan fingerprint density at radius 1 is 1.17 bits per heavy atom. The van der Waals surface area contributed by atoms with Crippen LogP contribution in [0.5, 0.6) is 0 Å². The Morgan fingerprint density at radius 3 is 2.30 bits per heavy atom. The molecule has 1 heterocycles. The molecule has 0 bridgehead atoms. The van der Waals surface area contributed by atoms with E-state index in [1.165, 1.54) is 0 Å². The van der Waals surface area contributed by atoms with Crippen molar-refractivity contribution in [3.8, 4) is 0 Å². The molecule has 0 aliphatic carbocycles. The van der Waals surface area contributed by atoms with Crippen LogP contribution in [0.1, 0.15) is 37.8 Å². The van der Waals surface area contributed by atoms with Gasteiger partial charge in [0.1, 0.15) is 5.60 Å². The van der Waals surface area contributed by atoms with Gasteiger partial charge in [0.25, 0.3) is 0 Å². The molecule has 126 valence electrons. The first kappa shape index (κ1) is 17.5. The summed E-state index contributed by atoms with van der Waals surface area (Å²) in [5, 5.41) is 5.97. The Kier molecular flexibility index (Phi) is 5.42. The lowest BCUT2D eigenvalue weighted by atomic mass is 9.83. The van der Waals surface area contributed by atoms with Gasteiger partial charge in [-0.2, -0.15) is 0 Å². The number of esters is 1. The predicted octanol–water partition coefficient (Wildman–Crippen LogP) is 2.56. The third-order valence-corrected chi connectivity index (χ3v) is 4.58. The Balaban J connectivity index is 2.01. The minimum absolute atomic E-state index is 0.265. The lowest BCUT2D eigenvalue weighted by molar-refractivity contribution is -0.167. The third-order valence-electron chi connectivity index (χ3n) is 4.58. The molecule has 0 atom stereocenters. The van der Waals surface area contributed by atoms with Gasteiger partial charge in [0, 0.05) is 11.6 Å². The second-order valence-corrected chi connectivity index (χ2v) is 6.74.